The van der Waals surface area contributed by atoms with E-state index in [2.05, 4.69) is 26.1 Å². The van der Waals surface area contributed by atoms with Crippen LogP contribution >= 0.6 is 0 Å². The third-order valence-corrected chi connectivity index (χ3v) is 4.87. The fourth-order valence-corrected chi connectivity index (χ4v) is 3.32. The highest BCUT2D eigenvalue weighted by atomic mass is 16.1. The fourth-order valence-electron chi connectivity index (χ4n) is 3.32. The van der Waals surface area contributed by atoms with Gasteiger partial charge in [-0.3, -0.25) is 9.36 Å². The molecule has 0 bridgehead atoms. The molecule has 0 saturated carbocycles. The molecule has 0 aliphatic rings. The first-order chi connectivity index (χ1) is 12.7. The van der Waals surface area contributed by atoms with E-state index >= 15 is 0 Å². The number of benzene rings is 2. The van der Waals surface area contributed by atoms with Gasteiger partial charge in [-0.25, -0.2) is 4.98 Å². The van der Waals surface area contributed by atoms with Crippen LogP contribution in [-0.4, -0.2) is 16.1 Å². The van der Waals surface area contributed by atoms with Gasteiger partial charge in [0.05, 0.1) is 23.1 Å². The molecule has 1 aromatic heterocycles. The Morgan fingerprint density at radius 1 is 1.08 bits per heavy atom. The van der Waals surface area contributed by atoms with E-state index in [4.69, 9.17) is 4.98 Å². The second-order valence-electron chi connectivity index (χ2n) is 6.86. The number of nitrogens with two attached hydrogens (primary N) is 1. The number of fused-ring (bicyclic) bond motifs is 1. The van der Waals surface area contributed by atoms with Crippen molar-refractivity contribution in [1.29, 1.82) is 0 Å². The van der Waals surface area contributed by atoms with E-state index in [0.717, 1.165) is 30.0 Å². The maximum absolute atomic E-state index is 13.3. The molecular formula is C22H28N3O+. The Morgan fingerprint density at radius 3 is 2.50 bits per heavy atom. The number of para-hydroxylation sites is 1. The minimum absolute atomic E-state index is 0.0109. The number of nitrogens with zero attached hydrogens (tertiary/aromatic N) is 2. The highest BCUT2D eigenvalue weighted by molar-refractivity contribution is 5.77. The quantitative estimate of drug-likeness (QED) is 0.663. The summed E-state index contributed by atoms with van der Waals surface area (Å²) in [5.41, 5.74) is 2.85. The molecule has 0 aliphatic carbocycles. The van der Waals surface area contributed by atoms with Crippen LogP contribution in [0.15, 0.2) is 53.3 Å². The third-order valence-electron chi connectivity index (χ3n) is 4.87. The van der Waals surface area contributed by atoms with Gasteiger partial charge >= 0.3 is 0 Å². The van der Waals surface area contributed by atoms with Crippen molar-refractivity contribution in [2.75, 3.05) is 6.54 Å². The molecule has 2 aromatic carbocycles. The van der Waals surface area contributed by atoms with Crippen molar-refractivity contribution < 1.29 is 5.32 Å². The van der Waals surface area contributed by atoms with E-state index in [1.54, 1.807) is 4.57 Å². The van der Waals surface area contributed by atoms with Crippen LogP contribution in [0.3, 0.4) is 0 Å². The summed E-state index contributed by atoms with van der Waals surface area (Å²) in [7, 11) is 0. The van der Waals surface area contributed by atoms with Gasteiger partial charge in [0, 0.05) is 6.42 Å². The van der Waals surface area contributed by atoms with Gasteiger partial charge in [0.25, 0.3) is 5.56 Å². The summed E-state index contributed by atoms with van der Waals surface area (Å²) in [6.45, 7) is 7.46. The van der Waals surface area contributed by atoms with E-state index in [1.807, 2.05) is 48.5 Å². The van der Waals surface area contributed by atoms with Gasteiger partial charge in [0.2, 0.25) is 0 Å². The Labute approximate surface area is 154 Å². The monoisotopic (exact) mass is 350 g/mol. The molecule has 0 aliphatic heterocycles. The lowest BCUT2D eigenvalue weighted by Gasteiger charge is -2.19. The summed E-state index contributed by atoms with van der Waals surface area (Å²) in [4.78, 5) is 18.2. The molecule has 0 fully saturated rings. The molecule has 1 atom stereocenters. The first-order valence-electron chi connectivity index (χ1n) is 9.57. The molecule has 2 N–H and O–H groups in total. The molecule has 0 radical (unpaired) electrons. The Balaban J connectivity index is 2.20. The molecule has 0 unspecified atom stereocenters. The molecule has 0 saturated heterocycles. The summed E-state index contributed by atoms with van der Waals surface area (Å²) >= 11 is 0. The molecule has 26 heavy (non-hydrogen) atoms. The Kier molecular flexibility index (Phi) is 5.84. The normalized spacial score (nSPS) is 12.4. The van der Waals surface area contributed by atoms with Crippen LogP contribution in [0.25, 0.3) is 16.6 Å². The van der Waals surface area contributed by atoms with Crippen molar-refractivity contribution in [3.05, 3.63) is 70.3 Å². The Hall–Kier alpha value is -2.46. The number of hydrogen-bond donors (Lipinski definition) is 1. The van der Waals surface area contributed by atoms with E-state index in [0.29, 0.717) is 5.39 Å². The van der Waals surface area contributed by atoms with Gasteiger partial charge in [-0.15, -0.1) is 0 Å². The average molecular weight is 350 g/mol. The van der Waals surface area contributed by atoms with E-state index < -0.39 is 0 Å². The minimum atomic E-state index is 0.0109. The lowest BCUT2D eigenvalue weighted by atomic mass is 10.1. The van der Waals surface area contributed by atoms with Gasteiger partial charge in [-0.05, 0) is 37.6 Å². The summed E-state index contributed by atoms with van der Waals surface area (Å²) < 4.78 is 1.80. The molecule has 4 heteroatoms. The zero-order chi connectivity index (χ0) is 18.5. The van der Waals surface area contributed by atoms with Gasteiger partial charge in [-0.1, -0.05) is 50.1 Å². The predicted octanol–water partition coefficient (Wildman–Crippen LogP) is 3.51. The van der Waals surface area contributed by atoms with Gasteiger partial charge in [0.1, 0.15) is 6.04 Å². The van der Waals surface area contributed by atoms with Crippen LogP contribution < -0.4 is 10.9 Å². The predicted molar refractivity (Wildman–Crippen MR) is 107 cm³/mol. The number of hydrogen-bond acceptors (Lipinski definition) is 2. The van der Waals surface area contributed by atoms with Crippen molar-refractivity contribution in [2.45, 2.75) is 46.1 Å². The second-order valence-corrected chi connectivity index (χ2v) is 6.86. The van der Waals surface area contributed by atoms with Crippen molar-refractivity contribution >= 4 is 10.9 Å². The number of quaternary nitrogens is 1. The smallest absolute Gasteiger partial charge is 0.266 e. The minimum Gasteiger partial charge on any atom is -0.338 e. The molecular weight excluding hydrogens is 322 g/mol. The zero-order valence-electron chi connectivity index (χ0n) is 15.9. The molecule has 3 aromatic rings. The topological polar surface area (TPSA) is 51.5 Å². The molecule has 0 spiro atoms. The van der Waals surface area contributed by atoms with Gasteiger partial charge < -0.3 is 5.32 Å². The van der Waals surface area contributed by atoms with Crippen molar-refractivity contribution in [3.8, 4) is 5.69 Å². The fraction of sp³-hybridized carbons (Fsp3) is 0.364. The maximum atomic E-state index is 13.3. The third kappa shape index (κ3) is 3.70. The van der Waals surface area contributed by atoms with Crippen LogP contribution in [0, 0.1) is 6.92 Å². The van der Waals surface area contributed by atoms with Crippen LogP contribution in [0.5, 0.6) is 0 Å². The van der Waals surface area contributed by atoms with Gasteiger partial charge in [-0.2, -0.15) is 0 Å². The highest BCUT2D eigenvalue weighted by Crippen LogP contribution is 2.18. The first-order valence-corrected chi connectivity index (χ1v) is 9.57. The molecule has 3 rings (SSSR count). The largest absolute Gasteiger partial charge is 0.338 e. The van der Waals surface area contributed by atoms with Crippen molar-refractivity contribution in [1.82, 2.24) is 9.55 Å². The number of unbranched alkanes of at least 4 members (excludes halogenated alkanes) is 1. The second kappa shape index (κ2) is 8.28. The highest BCUT2D eigenvalue weighted by Gasteiger charge is 2.22. The molecule has 0 amide bonds. The van der Waals surface area contributed by atoms with Crippen LogP contribution in [-0.2, 0) is 0 Å². The average Bonchev–Trinajstić information content (AvgIpc) is 2.66. The lowest BCUT2D eigenvalue weighted by Crippen LogP contribution is -2.85. The van der Waals surface area contributed by atoms with E-state index in [-0.39, 0.29) is 11.6 Å². The summed E-state index contributed by atoms with van der Waals surface area (Å²) in [6.07, 6.45) is 3.27. The van der Waals surface area contributed by atoms with Crippen LogP contribution in [0.4, 0.5) is 0 Å². The maximum Gasteiger partial charge on any atom is 0.266 e. The SMILES string of the molecule is CCCC[NH2+][C@@H](CC)c1nc2ccccc2c(=O)n1-c1ccc(C)cc1. The van der Waals surface area contributed by atoms with Crippen molar-refractivity contribution in [3.63, 3.8) is 0 Å². The Morgan fingerprint density at radius 2 is 1.81 bits per heavy atom. The van der Waals surface area contributed by atoms with Crippen LogP contribution in [0.1, 0.15) is 50.5 Å². The first kappa shape index (κ1) is 18.3. The molecule has 136 valence electrons. The van der Waals surface area contributed by atoms with Gasteiger partial charge in [0.15, 0.2) is 5.82 Å². The summed E-state index contributed by atoms with van der Waals surface area (Å²) in [6, 6.07) is 15.9. The zero-order valence-corrected chi connectivity index (χ0v) is 15.9. The number of aromatic nitrogens is 2. The standard InChI is InChI=1S/C22H27N3O/c1-4-6-15-23-19(5-2)21-24-20-10-8-7-9-18(20)22(26)25(21)17-13-11-16(3)12-14-17/h7-14,19,23H,4-6,15H2,1-3H3/p+1/t19-/m0/s1. The van der Waals surface area contributed by atoms with E-state index in [1.165, 1.54) is 18.4 Å². The molecule has 1 heterocycles. The Bertz CT molecular complexity index is 928. The number of rotatable bonds is 7. The summed E-state index contributed by atoms with van der Waals surface area (Å²) in [5, 5.41) is 2.99. The van der Waals surface area contributed by atoms with Crippen LogP contribution in [0.2, 0.25) is 0 Å². The molecule has 4 nitrogen and oxygen atoms in total. The number of aryl methyl sites for hydroxylation is 1. The van der Waals surface area contributed by atoms with E-state index in [9.17, 15) is 4.79 Å². The van der Waals surface area contributed by atoms with Crippen molar-refractivity contribution in [2.24, 2.45) is 0 Å². The lowest BCUT2D eigenvalue weighted by molar-refractivity contribution is -0.697. The summed E-state index contributed by atoms with van der Waals surface area (Å²) in [5.74, 6) is 0.844.